The Morgan fingerprint density at radius 3 is 1.83 bits per heavy atom. The van der Waals surface area contributed by atoms with E-state index in [0.29, 0.717) is 0 Å². The molecular formula is C3H7O2Si. The lowest BCUT2D eigenvalue weighted by Gasteiger charge is -1.91. The van der Waals surface area contributed by atoms with Crippen molar-refractivity contribution < 1.29 is 10.2 Å². The van der Waals surface area contributed by atoms with Crippen molar-refractivity contribution in [3.63, 3.8) is 0 Å². The van der Waals surface area contributed by atoms with E-state index in [-0.39, 0.29) is 0 Å². The van der Waals surface area contributed by atoms with Crippen LogP contribution >= 0.6 is 0 Å². The minimum absolute atomic E-state index is 0.591. The lowest BCUT2D eigenvalue weighted by atomic mass is 11.0. The third kappa shape index (κ3) is 0.799. The van der Waals surface area contributed by atoms with Gasteiger partial charge >= 0.3 is 0 Å². The maximum atomic E-state index is 8.29. The van der Waals surface area contributed by atoms with Gasteiger partial charge in [0.25, 0.3) is 0 Å². The predicted molar refractivity (Wildman–Crippen MR) is 23.6 cm³/mol. The molecule has 1 saturated heterocycles. The van der Waals surface area contributed by atoms with E-state index in [4.69, 9.17) is 10.2 Å². The first-order valence-electron chi connectivity index (χ1n) is 2.01. The van der Waals surface area contributed by atoms with Gasteiger partial charge in [-0.25, -0.2) is 0 Å². The van der Waals surface area contributed by atoms with Crippen LogP contribution in [0.2, 0.25) is 12.1 Å². The van der Waals surface area contributed by atoms with E-state index < -0.39 is 14.7 Å². The van der Waals surface area contributed by atoms with Gasteiger partial charge in [-0.3, -0.25) is 0 Å². The van der Waals surface area contributed by atoms with Gasteiger partial charge in [0.15, 0.2) is 0 Å². The fourth-order valence-electron chi connectivity index (χ4n) is 0.330. The standard InChI is InChI=1S/C3H7O2Si/c4-3(5)6-1-2-6/h3-5H,1-2H2. The van der Waals surface area contributed by atoms with Gasteiger partial charge in [-0.1, -0.05) is 12.1 Å². The van der Waals surface area contributed by atoms with Crippen molar-refractivity contribution in [1.29, 1.82) is 0 Å². The monoisotopic (exact) mass is 103 g/mol. The molecule has 0 aromatic heterocycles. The van der Waals surface area contributed by atoms with Gasteiger partial charge in [0.2, 0.25) is 0 Å². The molecule has 2 N–H and O–H groups in total. The predicted octanol–water partition coefficient (Wildman–Crippen LogP) is -0.655. The summed E-state index contributed by atoms with van der Waals surface area (Å²) in [6, 6.07) is 2.20. The molecule has 1 aliphatic rings. The Morgan fingerprint density at radius 2 is 1.83 bits per heavy atom. The molecule has 0 amide bonds. The van der Waals surface area contributed by atoms with Gasteiger partial charge in [0.1, 0.15) is 14.7 Å². The van der Waals surface area contributed by atoms with E-state index in [0.717, 1.165) is 12.1 Å². The van der Waals surface area contributed by atoms with Gasteiger partial charge < -0.3 is 10.2 Å². The number of hydrogen-bond donors (Lipinski definition) is 2. The highest BCUT2D eigenvalue weighted by Gasteiger charge is 2.30. The third-order valence-corrected chi connectivity index (χ3v) is 2.71. The highest BCUT2D eigenvalue weighted by atomic mass is 28.3. The first kappa shape index (κ1) is 4.30. The average Bonchev–Trinajstić information content (AvgIpc) is 2.06. The Morgan fingerprint density at radius 1 is 1.33 bits per heavy atom. The molecular weight excluding hydrogens is 96.1 g/mol. The van der Waals surface area contributed by atoms with Crippen LogP contribution in [0, 0.1) is 0 Å². The van der Waals surface area contributed by atoms with Crippen LogP contribution in [0.25, 0.3) is 0 Å². The molecule has 0 atom stereocenters. The molecule has 1 aliphatic heterocycles. The first-order valence-corrected chi connectivity index (χ1v) is 4.00. The minimum atomic E-state index is -0.935. The average molecular weight is 103 g/mol. The minimum Gasteiger partial charge on any atom is -0.372 e. The first-order chi connectivity index (χ1) is 2.80. The number of hydrogen-bond acceptors (Lipinski definition) is 2. The summed E-state index contributed by atoms with van der Waals surface area (Å²) in [4.78, 5) is 0. The zero-order valence-electron chi connectivity index (χ0n) is 3.39. The molecule has 0 bridgehead atoms. The Hall–Kier alpha value is 0.137. The van der Waals surface area contributed by atoms with Gasteiger partial charge in [-0.05, 0) is 0 Å². The SMILES string of the molecule is OC(O)[Si]1CC1. The van der Waals surface area contributed by atoms with Crippen LogP contribution in [0.15, 0.2) is 0 Å². The highest BCUT2D eigenvalue weighted by Crippen LogP contribution is 2.22. The van der Waals surface area contributed by atoms with Crippen LogP contribution < -0.4 is 0 Å². The summed E-state index contributed by atoms with van der Waals surface area (Å²) in [7, 11) is -0.591. The number of aliphatic hydroxyl groups is 2. The van der Waals surface area contributed by atoms with Gasteiger partial charge in [0.05, 0.1) is 0 Å². The quantitative estimate of drug-likeness (QED) is 0.342. The lowest BCUT2D eigenvalue weighted by Crippen LogP contribution is -2.14. The Bertz CT molecular complexity index is 50.8. The second-order valence-corrected chi connectivity index (χ2v) is 4.36. The van der Waals surface area contributed by atoms with Crippen LogP contribution in [0.5, 0.6) is 0 Å². The molecule has 1 rings (SSSR count). The van der Waals surface area contributed by atoms with E-state index in [2.05, 4.69) is 0 Å². The van der Waals surface area contributed by atoms with Crippen molar-refractivity contribution in [3.05, 3.63) is 0 Å². The van der Waals surface area contributed by atoms with Crippen molar-refractivity contribution in [2.24, 2.45) is 0 Å². The fraction of sp³-hybridized carbons (Fsp3) is 1.00. The van der Waals surface area contributed by atoms with E-state index in [9.17, 15) is 0 Å². The van der Waals surface area contributed by atoms with Crippen molar-refractivity contribution in [1.82, 2.24) is 0 Å². The summed E-state index contributed by atoms with van der Waals surface area (Å²) in [5.41, 5.74) is 0. The molecule has 0 spiro atoms. The van der Waals surface area contributed by atoms with Crippen molar-refractivity contribution in [3.8, 4) is 0 Å². The van der Waals surface area contributed by atoms with Crippen molar-refractivity contribution >= 4 is 8.80 Å². The smallest absolute Gasteiger partial charge is 0.133 e. The number of aliphatic hydroxyl groups excluding tert-OH is 1. The summed E-state index contributed by atoms with van der Waals surface area (Å²) < 4.78 is 0. The largest absolute Gasteiger partial charge is 0.372 e. The van der Waals surface area contributed by atoms with E-state index >= 15 is 0 Å². The summed E-state index contributed by atoms with van der Waals surface area (Å²) >= 11 is 0. The van der Waals surface area contributed by atoms with Gasteiger partial charge in [0, 0.05) is 0 Å². The van der Waals surface area contributed by atoms with E-state index in [1.54, 1.807) is 0 Å². The molecule has 0 aliphatic carbocycles. The van der Waals surface area contributed by atoms with E-state index in [1.165, 1.54) is 0 Å². The molecule has 3 heteroatoms. The summed E-state index contributed by atoms with van der Waals surface area (Å²) in [5.74, 6) is -0.935. The van der Waals surface area contributed by atoms with Crippen molar-refractivity contribution in [2.75, 3.05) is 0 Å². The molecule has 35 valence electrons. The maximum absolute atomic E-state index is 8.29. The van der Waals surface area contributed by atoms with Gasteiger partial charge in [-0.15, -0.1) is 0 Å². The molecule has 1 heterocycles. The van der Waals surface area contributed by atoms with Gasteiger partial charge in [-0.2, -0.15) is 0 Å². The third-order valence-electron chi connectivity index (χ3n) is 0.904. The molecule has 0 saturated carbocycles. The van der Waals surface area contributed by atoms with Crippen LogP contribution in [-0.2, 0) is 0 Å². The summed E-state index contributed by atoms with van der Waals surface area (Å²) in [6.07, 6.45) is 0. The zero-order chi connectivity index (χ0) is 4.57. The van der Waals surface area contributed by atoms with Crippen LogP contribution in [-0.4, -0.2) is 24.9 Å². The second kappa shape index (κ2) is 1.33. The van der Waals surface area contributed by atoms with Crippen molar-refractivity contribution in [2.45, 2.75) is 18.0 Å². The molecule has 0 unspecified atom stereocenters. The number of rotatable bonds is 1. The molecule has 0 aromatic carbocycles. The highest BCUT2D eigenvalue weighted by molar-refractivity contribution is 6.70. The van der Waals surface area contributed by atoms with Crippen LogP contribution in [0.1, 0.15) is 0 Å². The van der Waals surface area contributed by atoms with Crippen LogP contribution in [0.4, 0.5) is 0 Å². The molecule has 1 radical (unpaired) electrons. The Labute approximate surface area is 38.0 Å². The van der Waals surface area contributed by atoms with Crippen LogP contribution in [0.3, 0.4) is 0 Å². The fourth-order valence-corrected chi connectivity index (χ4v) is 1.42. The molecule has 0 aromatic rings. The molecule has 2 nitrogen and oxygen atoms in total. The normalized spacial score (nSPS) is 22.5. The molecule has 1 fully saturated rings. The summed E-state index contributed by atoms with van der Waals surface area (Å²) in [5, 5.41) is 16.6. The summed E-state index contributed by atoms with van der Waals surface area (Å²) in [6.45, 7) is 0. The van der Waals surface area contributed by atoms with E-state index in [1.807, 2.05) is 0 Å². The maximum Gasteiger partial charge on any atom is 0.133 e. The Balaban J connectivity index is 2.13. The zero-order valence-corrected chi connectivity index (χ0v) is 4.39. The second-order valence-electron chi connectivity index (χ2n) is 1.53. The lowest BCUT2D eigenvalue weighted by molar-refractivity contribution is 0.0281. The topological polar surface area (TPSA) is 40.5 Å². The Kier molecular flexibility index (Phi) is 0.952. The molecule has 6 heavy (non-hydrogen) atoms.